The number of ether oxygens (including phenoxy) is 1. The second-order valence-electron chi connectivity index (χ2n) is 5.81. The lowest BCUT2D eigenvalue weighted by Crippen LogP contribution is -2.47. The zero-order valence-corrected chi connectivity index (χ0v) is 12.8. The number of nitrogens with zero attached hydrogens (tertiary/aromatic N) is 1. The van der Waals surface area contributed by atoms with Crippen molar-refractivity contribution in [1.29, 1.82) is 0 Å². The summed E-state index contributed by atoms with van der Waals surface area (Å²) in [6.07, 6.45) is 4.00. The maximum Gasteiger partial charge on any atom is 0.123 e. The van der Waals surface area contributed by atoms with Crippen LogP contribution >= 0.6 is 11.6 Å². The Hall–Kier alpha value is -0.770. The van der Waals surface area contributed by atoms with Crippen LogP contribution in [-0.2, 0) is 0 Å². The molecule has 1 saturated carbocycles. The van der Waals surface area contributed by atoms with Gasteiger partial charge in [-0.15, -0.1) is 0 Å². The van der Waals surface area contributed by atoms with Crippen LogP contribution in [0.5, 0.6) is 5.75 Å². The number of nitrogens with one attached hydrogen (secondary N) is 1. The van der Waals surface area contributed by atoms with Crippen LogP contribution in [0.1, 0.15) is 30.9 Å². The van der Waals surface area contributed by atoms with Gasteiger partial charge in [-0.3, -0.25) is 4.90 Å². The van der Waals surface area contributed by atoms with Crippen molar-refractivity contribution in [2.75, 3.05) is 33.3 Å². The van der Waals surface area contributed by atoms with Gasteiger partial charge in [-0.25, -0.2) is 0 Å². The minimum atomic E-state index is 0.458. The van der Waals surface area contributed by atoms with E-state index < -0.39 is 0 Å². The predicted molar refractivity (Wildman–Crippen MR) is 82.5 cm³/mol. The lowest BCUT2D eigenvalue weighted by Gasteiger charge is -2.43. The molecule has 0 aromatic heterocycles. The summed E-state index contributed by atoms with van der Waals surface area (Å²) in [5.74, 6) is 1.73. The number of hydrogen-bond acceptors (Lipinski definition) is 3. The molecular formula is C16H23ClN2O. The second kappa shape index (κ2) is 6.33. The molecule has 0 bridgehead atoms. The summed E-state index contributed by atoms with van der Waals surface area (Å²) < 4.78 is 5.59. The van der Waals surface area contributed by atoms with Gasteiger partial charge in [-0.1, -0.05) is 18.0 Å². The van der Waals surface area contributed by atoms with E-state index in [1.807, 2.05) is 12.1 Å². The molecule has 0 radical (unpaired) electrons. The van der Waals surface area contributed by atoms with Crippen LogP contribution in [0.25, 0.3) is 0 Å². The molecule has 1 atom stereocenters. The summed E-state index contributed by atoms with van der Waals surface area (Å²) in [6, 6.07) is 6.48. The van der Waals surface area contributed by atoms with Gasteiger partial charge in [0, 0.05) is 42.8 Å². The molecule has 0 unspecified atom stereocenters. The van der Waals surface area contributed by atoms with Crippen molar-refractivity contribution in [1.82, 2.24) is 10.2 Å². The second-order valence-corrected chi connectivity index (χ2v) is 6.24. The Morgan fingerprint density at radius 1 is 1.30 bits per heavy atom. The van der Waals surface area contributed by atoms with Gasteiger partial charge in [0.1, 0.15) is 5.75 Å². The predicted octanol–water partition coefficient (Wildman–Crippen LogP) is 3.10. The van der Waals surface area contributed by atoms with E-state index in [0.29, 0.717) is 6.04 Å². The van der Waals surface area contributed by atoms with Crippen molar-refractivity contribution in [3.63, 3.8) is 0 Å². The summed E-state index contributed by atoms with van der Waals surface area (Å²) in [7, 11) is 1.75. The van der Waals surface area contributed by atoms with E-state index in [0.717, 1.165) is 42.9 Å². The van der Waals surface area contributed by atoms with Crippen molar-refractivity contribution < 1.29 is 4.74 Å². The quantitative estimate of drug-likeness (QED) is 0.923. The summed E-state index contributed by atoms with van der Waals surface area (Å²) in [5.41, 5.74) is 1.27. The topological polar surface area (TPSA) is 24.5 Å². The molecule has 3 rings (SSSR count). The molecule has 3 nitrogen and oxygen atoms in total. The standard InChI is InChI=1S/C16H23ClN2O/c1-20-15-6-5-13(17)11-14(15)16(12-3-2-4-12)19-9-7-18-8-10-19/h5-6,11-12,16,18H,2-4,7-10H2,1H3/t16-/m0/s1. The molecule has 110 valence electrons. The Bertz CT molecular complexity index is 456. The van der Waals surface area contributed by atoms with Crippen molar-refractivity contribution in [3.05, 3.63) is 28.8 Å². The van der Waals surface area contributed by atoms with Crippen LogP contribution in [0, 0.1) is 5.92 Å². The molecule has 1 aliphatic carbocycles. The maximum atomic E-state index is 6.24. The number of piperazine rings is 1. The largest absolute Gasteiger partial charge is 0.496 e. The third kappa shape index (κ3) is 2.80. The first kappa shape index (κ1) is 14.2. The maximum absolute atomic E-state index is 6.24. The molecule has 0 spiro atoms. The van der Waals surface area contributed by atoms with E-state index in [-0.39, 0.29) is 0 Å². The Morgan fingerprint density at radius 2 is 2.05 bits per heavy atom. The van der Waals surface area contributed by atoms with Crippen molar-refractivity contribution in [2.24, 2.45) is 5.92 Å². The molecule has 2 aliphatic rings. The number of halogens is 1. The first-order chi connectivity index (χ1) is 9.79. The zero-order chi connectivity index (χ0) is 13.9. The fourth-order valence-corrected chi connectivity index (χ4v) is 3.58. The normalized spacial score (nSPS) is 22.3. The highest BCUT2D eigenvalue weighted by Gasteiger charge is 2.35. The summed E-state index contributed by atoms with van der Waals surface area (Å²) in [4.78, 5) is 2.61. The van der Waals surface area contributed by atoms with Gasteiger partial charge < -0.3 is 10.1 Å². The smallest absolute Gasteiger partial charge is 0.123 e. The van der Waals surface area contributed by atoms with Gasteiger partial charge in [0.25, 0.3) is 0 Å². The molecule has 1 N–H and O–H groups in total. The van der Waals surface area contributed by atoms with E-state index in [1.54, 1.807) is 7.11 Å². The van der Waals surface area contributed by atoms with Crippen LogP contribution in [-0.4, -0.2) is 38.2 Å². The van der Waals surface area contributed by atoms with Crippen LogP contribution in [0.15, 0.2) is 18.2 Å². The van der Waals surface area contributed by atoms with Gasteiger partial charge in [0.05, 0.1) is 7.11 Å². The van der Waals surface area contributed by atoms with Gasteiger partial charge in [0.15, 0.2) is 0 Å². The van der Waals surface area contributed by atoms with Crippen molar-refractivity contribution in [2.45, 2.75) is 25.3 Å². The van der Waals surface area contributed by atoms with E-state index in [2.05, 4.69) is 16.3 Å². The molecule has 1 saturated heterocycles. The number of rotatable bonds is 4. The van der Waals surface area contributed by atoms with Gasteiger partial charge in [0.2, 0.25) is 0 Å². The first-order valence-corrected chi connectivity index (χ1v) is 7.95. The molecule has 1 aromatic rings. The van der Waals surface area contributed by atoms with Gasteiger partial charge in [-0.2, -0.15) is 0 Å². The van der Waals surface area contributed by atoms with Crippen molar-refractivity contribution in [3.8, 4) is 5.75 Å². The highest BCUT2D eigenvalue weighted by atomic mass is 35.5. The third-order valence-electron chi connectivity index (χ3n) is 4.65. The number of hydrogen-bond donors (Lipinski definition) is 1. The minimum absolute atomic E-state index is 0.458. The van der Waals surface area contributed by atoms with Crippen LogP contribution in [0.2, 0.25) is 5.02 Å². The molecule has 2 fully saturated rings. The molecule has 1 aliphatic heterocycles. The average molecular weight is 295 g/mol. The lowest BCUT2D eigenvalue weighted by atomic mass is 9.76. The fourth-order valence-electron chi connectivity index (χ4n) is 3.40. The monoisotopic (exact) mass is 294 g/mol. The summed E-state index contributed by atoms with van der Waals surface area (Å²) in [6.45, 7) is 4.37. The number of methoxy groups -OCH3 is 1. The molecule has 0 amide bonds. The fraction of sp³-hybridized carbons (Fsp3) is 0.625. The van der Waals surface area contributed by atoms with E-state index in [9.17, 15) is 0 Å². The Labute approximate surface area is 126 Å². The zero-order valence-electron chi connectivity index (χ0n) is 12.1. The van der Waals surface area contributed by atoms with E-state index >= 15 is 0 Å². The Kier molecular flexibility index (Phi) is 4.49. The molecule has 4 heteroatoms. The first-order valence-electron chi connectivity index (χ1n) is 7.58. The minimum Gasteiger partial charge on any atom is -0.496 e. The SMILES string of the molecule is COc1ccc(Cl)cc1[C@H](C1CCC1)N1CCNCC1. The summed E-state index contributed by atoms with van der Waals surface area (Å²) in [5, 5.41) is 4.24. The third-order valence-corrected chi connectivity index (χ3v) is 4.89. The lowest BCUT2D eigenvalue weighted by molar-refractivity contribution is 0.0818. The molecule has 1 heterocycles. The van der Waals surface area contributed by atoms with Crippen molar-refractivity contribution >= 4 is 11.6 Å². The average Bonchev–Trinajstić information content (AvgIpc) is 2.43. The highest BCUT2D eigenvalue weighted by molar-refractivity contribution is 6.30. The Balaban J connectivity index is 1.93. The van der Waals surface area contributed by atoms with E-state index in [4.69, 9.17) is 16.3 Å². The molecular weight excluding hydrogens is 272 g/mol. The van der Waals surface area contributed by atoms with Crippen LogP contribution < -0.4 is 10.1 Å². The number of benzene rings is 1. The van der Waals surface area contributed by atoms with Crippen LogP contribution in [0.3, 0.4) is 0 Å². The molecule has 1 aromatic carbocycles. The molecule has 20 heavy (non-hydrogen) atoms. The summed E-state index contributed by atoms with van der Waals surface area (Å²) >= 11 is 6.24. The Morgan fingerprint density at radius 3 is 2.65 bits per heavy atom. The van der Waals surface area contributed by atoms with Gasteiger partial charge >= 0.3 is 0 Å². The van der Waals surface area contributed by atoms with Crippen LogP contribution in [0.4, 0.5) is 0 Å². The van der Waals surface area contributed by atoms with E-state index in [1.165, 1.54) is 24.8 Å². The van der Waals surface area contributed by atoms with Gasteiger partial charge in [-0.05, 0) is 37.0 Å². The highest BCUT2D eigenvalue weighted by Crippen LogP contribution is 2.44.